The maximum atomic E-state index is 12.2. The zero-order valence-corrected chi connectivity index (χ0v) is 14.7. The van der Waals surface area contributed by atoms with Gasteiger partial charge in [0.05, 0.1) is 25.3 Å². The first kappa shape index (κ1) is 17.6. The van der Waals surface area contributed by atoms with Crippen LogP contribution in [-0.4, -0.2) is 36.2 Å². The number of H-pyrrole nitrogens is 1. The molecule has 0 fully saturated rings. The van der Waals surface area contributed by atoms with Crippen LogP contribution in [0.2, 0.25) is 0 Å². The van der Waals surface area contributed by atoms with E-state index in [4.69, 9.17) is 9.47 Å². The van der Waals surface area contributed by atoms with E-state index in [2.05, 4.69) is 10.3 Å². The molecule has 2 N–H and O–H groups in total. The van der Waals surface area contributed by atoms with Gasteiger partial charge in [-0.05, 0) is 36.2 Å². The third-order valence-electron chi connectivity index (χ3n) is 4.17. The van der Waals surface area contributed by atoms with E-state index in [1.807, 2.05) is 42.5 Å². The molecule has 0 atom stereocenters. The van der Waals surface area contributed by atoms with Gasteiger partial charge in [-0.2, -0.15) is 0 Å². The van der Waals surface area contributed by atoms with Crippen LogP contribution in [0.15, 0.2) is 47.3 Å². The highest BCUT2D eigenvalue weighted by molar-refractivity contribution is 5.80. The van der Waals surface area contributed by atoms with Gasteiger partial charge in [0.15, 0.2) is 11.5 Å². The summed E-state index contributed by atoms with van der Waals surface area (Å²) in [5.74, 6) is 1.11. The Morgan fingerprint density at radius 1 is 1.12 bits per heavy atom. The number of carbonyl (C=O) groups excluding carboxylic acids is 1. The minimum Gasteiger partial charge on any atom is -0.493 e. The van der Waals surface area contributed by atoms with Gasteiger partial charge in [-0.3, -0.25) is 9.36 Å². The van der Waals surface area contributed by atoms with Crippen LogP contribution in [0.1, 0.15) is 5.56 Å². The number of aromatic nitrogens is 2. The number of aromatic amines is 1. The van der Waals surface area contributed by atoms with Gasteiger partial charge in [0.1, 0.15) is 6.54 Å². The van der Waals surface area contributed by atoms with Crippen molar-refractivity contribution in [2.75, 3.05) is 20.8 Å². The van der Waals surface area contributed by atoms with Crippen molar-refractivity contribution in [3.63, 3.8) is 0 Å². The number of imidazole rings is 1. The van der Waals surface area contributed by atoms with Crippen molar-refractivity contribution in [2.45, 2.75) is 13.0 Å². The second kappa shape index (κ2) is 7.77. The molecule has 0 spiro atoms. The lowest BCUT2D eigenvalue weighted by Gasteiger charge is -2.10. The number of hydrogen-bond acceptors (Lipinski definition) is 4. The van der Waals surface area contributed by atoms with Crippen molar-refractivity contribution < 1.29 is 14.3 Å². The van der Waals surface area contributed by atoms with E-state index in [0.717, 1.165) is 11.1 Å². The lowest BCUT2D eigenvalue weighted by atomic mass is 10.1. The Morgan fingerprint density at radius 3 is 2.65 bits per heavy atom. The Labute approximate surface area is 150 Å². The van der Waals surface area contributed by atoms with Gasteiger partial charge in [0.25, 0.3) is 0 Å². The molecule has 7 nitrogen and oxygen atoms in total. The van der Waals surface area contributed by atoms with Crippen molar-refractivity contribution in [2.24, 2.45) is 0 Å². The predicted octanol–water partition coefficient (Wildman–Crippen LogP) is 1.71. The predicted molar refractivity (Wildman–Crippen MR) is 98.8 cm³/mol. The lowest BCUT2D eigenvalue weighted by Crippen LogP contribution is -2.32. The standard InChI is InChI=1S/C19H21N3O4/c1-25-16-8-7-13(11-17(16)26-2)9-10-20-18(23)12-22-15-6-4-3-5-14(15)21-19(22)24/h3-8,11H,9-10,12H2,1-2H3,(H,20,23)(H,21,24). The van der Waals surface area contributed by atoms with Gasteiger partial charge in [0, 0.05) is 6.54 Å². The fraction of sp³-hybridized carbons (Fsp3) is 0.263. The number of hydrogen-bond donors (Lipinski definition) is 2. The summed E-state index contributed by atoms with van der Waals surface area (Å²) in [6.07, 6.45) is 0.648. The number of nitrogens with zero attached hydrogens (tertiary/aromatic N) is 1. The minimum absolute atomic E-state index is 0.0191. The van der Waals surface area contributed by atoms with Crippen molar-refractivity contribution in [1.82, 2.24) is 14.9 Å². The van der Waals surface area contributed by atoms with E-state index < -0.39 is 0 Å². The first-order chi connectivity index (χ1) is 12.6. The average Bonchev–Trinajstić information content (AvgIpc) is 2.97. The van der Waals surface area contributed by atoms with Gasteiger partial charge in [-0.1, -0.05) is 18.2 Å². The van der Waals surface area contributed by atoms with Crippen LogP contribution >= 0.6 is 0 Å². The van der Waals surface area contributed by atoms with Gasteiger partial charge in [0.2, 0.25) is 5.91 Å². The summed E-state index contributed by atoms with van der Waals surface area (Å²) in [7, 11) is 3.17. The summed E-state index contributed by atoms with van der Waals surface area (Å²) in [4.78, 5) is 26.9. The van der Waals surface area contributed by atoms with Gasteiger partial charge >= 0.3 is 5.69 Å². The summed E-state index contributed by atoms with van der Waals surface area (Å²) in [6.45, 7) is 0.445. The van der Waals surface area contributed by atoms with E-state index in [0.29, 0.717) is 30.0 Å². The van der Waals surface area contributed by atoms with Crippen LogP contribution in [0.25, 0.3) is 11.0 Å². The third kappa shape index (κ3) is 3.72. The molecule has 0 unspecified atom stereocenters. The highest BCUT2D eigenvalue weighted by Crippen LogP contribution is 2.27. The monoisotopic (exact) mass is 355 g/mol. The van der Waals surface area contributed by atoms with Crippen LogP contribution in [0.5, 0.6) is 11.5 Å². The molecule has 0 aliphatic heterocycles. The van der Waals surface area contributed by atoms with E-state index in [-0.39, 0.29) is 18.1 Å². The van der Waals surface area contributed by atoms with Crippen LogP contribution in [0.4, 0.5) is 0 Å². The molecular formula is C19H21N3O4. The largest absolute Gasteiger partial charge is 0.493 e. The van der Waals surface area contributed by atoms with Crippen LogP contribution in [0.3, 0.4) is 0 Å². The number of rotatable bonds is 7. The number of methoxy groups -OCH3 is 2. The molecular weight excluding hydrogens is 334 g/mol. The Morgan fingerprint density at radius 2 is 1.88 bits per heavy atom. The zero-order valence-electron chi connectivity index (χ0n) is 14.7. The quantitative estimate of drug-likeness (QED) is 0.676. The Bertz CT molecular complexity index is 974. The second-order valence-electron chi connectivity index (χ2n) is 5.82. The molecule has 1 amide bonds. The number of carbonyl (C=O) groups is 1. The number of nitrogens with one attached hydrogen (secondary N) is 2. The molecule has 0 aliphatic carbocycles. The van der Waals surface area contributed by atoms with E-state index in [1.54, 1.807) is 14.2 Å². The van der Waals surface area contributed by atoms with E-state index in [1.165, 1.54) is 4.57 Å². The highest BCUT2D eigenvalue weighted by Gasteiger charge is 2.10. The summed E-state index contributed by atoms with van der Waals surface area (Å²) < 4.78 is 11.9. The number of para-hydroxylation sites is 2. The van der Waals surface area contributed by atoms with Crippen molar-refractivity contribution >= 4 is 16.9 Å². The fourth-order valence-electron chi connectivity index (χ4n) is 2.85. The lowest BCUT2D eigenvalue weighted by molar-refractivity contribution is -0.121. The van der Waals surface area contributed by atoms with Crippen LogP contribution in [0, 0.1) is 0 Å². The molecule has 0 aliphatic rings. The van der Waals surface area contributed by atoms with Crippen molar-refractivity contribution in [3.8, 4) is 11.5 Å². The summed E-state index contributed by atoms with van der Waals surface area (Å²) in [6, 6.07) is 12.9. The molecule has 1 heterocycles. The fourth-order valence-corrected chi connectivity index (χ4v) is 2.85. The third-order valence-corrected chi connectivity index (χ3v) is 4.17. The molecule has 3 aromatic rings. The van der Waals surface area contributed by atoms with Gasteiger partial charge in [-0.25, -0.2) is 4.79 Å². The first-order valence-electron chi connectivity index (χ1n) is 8.27. The average molecular weight is 355 g/mol. The molecule has 3 rings (SSSR count). The normalized spacial score (nSPS) is 10.7. The topological polar surface area (TPSA) is 85.4 Å². The molecule has 136 valence electrons. The molecule has 7 heteroatoms. The maximum Gasteiger partial charge on any atom is 0.326 e. The van der Waals surface area contributed by atoms with Crippen LogP contribution in [-0.2, 0) is 17.8 Å². The SMILES string of the molecule is COc1ccc(CCNC(=O)Cn2c(=O)[nH]c3ccccc32)cc1OC. The van der Waals surface area contributed by atoms with E-state index in [9.17, 15) is 9.59 Å². The number of fused-ring (bicyclic) bond motifs is 1. The number of ether oxygens (including phenoxy) is 2. The molecule has 0 saturated carbocycles. The maximum absolute atomic E-state index is 12.2. The smallest absolute Gasteiger partial charge is 0.326 e. The number of benzene rings is 2. The van der Waals surface area contributed by atoms with Crippen molar-refractivity contribution in [1.29, 1.82) is 0 Å². The molecule has 0 radical (unpaired) electrons. The summed E-state index contributed by atoms with van der Waals surface area (Å²) in [5.41, 5.74) is 2.16. The van der Waals surface area contributed by atoms with Crippen molar-refractivity contribution in [3.05, 3.63) is 58.5 Å². The molecule has 1 aromatic heterocycles. The molecule has 26 heavy (non-hydrogen) atoms. The Hall–Kier alpha value is -3.22. The summed E-state index contributed by atoms with van der Waals surface area (Å²) >= 11 is 0. The molecule has 2 aromatic carbocycles. The van der Waals surface area contributed by atoms with Gasteiger partial charge in [-0.15, -0.1) is 0 Å². The number of amides is 1. The second-order valence-corrected chi connectivity index (χ2v) is 5.82. The zero-order chi connectivity index (χ0) is 18.5. The van der Waals surface area contributed by atoms with E-state index >= 15 is 0 Å². The Balaban J connectivity index is 1.59. The highest BCUT2D eigenvalue weighted by atomic mass is 16.5. The first-order valence-corrected chi connectivity index (χ1v) is 8.27. The van der Waals surface area contributed by atoms with Crippen LogP contribution < -0.4 is 20.5 Å². The minimum atomic E-state index is -0.291. The molecule has 0 saturated heterocycles. The molecule has 0 bridgehead atoms. The van der Waals surface area contributed by atoms with Gasteiger partial charge < -0.3 is 19.8 Å². The summed E-state index contributed by atoms with van der Waals surface area (Å²) in [5, 5.41) is 2.84. The Kier molecular flexibility index (Phi) is 5.26.